The van der Waals surface area contributed by atoms with Crippen molar-refractivity contribution in [3.8, 4) is 0 Å². The summed E-state index contributed by atoms with van der Waals surface area (Å²) in [4.78, 5) is 16.8. The fourth-order valence-corrected chi connectivity index (χ4v) is 3.80. The molecule has 1 amide bonds. The second-order valence-electron chi connectivity index (χ2n) is 6.81. The van der Waals surface area contributed by atoms with E-state index in [-0.39, 0.29) is 18.3 Å². The van der Waals surface area contributed by atoms with Gasteiger partial charge in [-0.2, -0.15) is 13.2 Å². The Morgan fingerprint density at radius 3 is 2.32 bits per heavy atom. The van der Waals surface area contributed by atoms with Gasteiger partial charge in [0.15, 0.2) is 0 Å². The van der Waals surface area contributed by atoms with Crippen molar-refractivity contribution in [2.45, 2.75) is 30.6 Å². The molecule has 2 aromatic carbocycles. The van der Waals surface area contributed by atoms with Crippen molar-refractivity contribution in [1.82, 2.24) is 10.3 Å². The Morgan fingerprint density at radius 1 is 0.968 bits per heavy atom. The Bertz CT molecular complexity index is 1010. The highest BCUT2D eigenvalue weighted by Crippen LogP contribution is 2.29. The predicted octanol–water partition coefficient (Wildman–Crippen LogP) is 5.89. The number of aromatic nitrogens is 1. The number of pyridine rings is 1. The molecule has 0 radical (unpaired) electrons. The second-order valence-corrected chi connectivity index (χ2v) is 7.90. The van der Waals surface area contributed by atoms with Gasteiger partial charge in [0.25, 0.3) is 5.91 Å². The van der Waals surface area contributed by atoms with E-state index >= 15 is 0 Å². The summed E-state index contributed by atoms with van der Waals surface area (Å²) in [6.07, 6.45) is -1.16. The van der Waals surface area contributed by atoms with E-state index in [1.165, 1.54) is 36.0 Å². The lowest BCUT2D eigenvalue weighted by Crippen LogP contribution is -2.23. The van der Waals surface area contributed by atoms with Gasteiger partial charge < -0.3 is 5.32 Å². The highest BCUT2D eigenvalue weighted by atomic mass is 32.2. The predicted molar refractivity (Wildman–Crippen MR) is 112 cm³/mol. The molecule has 31 heavy (non-hydrogen) atoms. The number of halogens is 4. The van der Waals surface area contributed by atoms with Crippen LogP contribution in [0.3, 0.4) is 0 Å². The first-order valence-electron chi connectivity index (χ1n) is 9.59. The number of thioether (sulfide) groups is 1. The zero-order valence-corrected chi connectivity index (χ0v) is 17.3. The number of carbonyl (C=O) groups excluding carboxylic acids is 1. The van der Waals surface area contributed by atoms with E-state index in [1.54, 1.807) is 30.5 Å². The van der Waals surface area contributed by atoms with Gasteiger partial charge in [-0.1, -0.05) is 24.3 Å². The number of hydrogen-bond acceptors (Lipinski definition) is 3. The lowest BCUT2D eigenvalue weighted by atomic mass is 10.1. The summed E-state index contributed by atoms with van der Waals surface area (Å²) in [6, 6.07) is 14.4. The van der Waals surface area contributed by atoms with Crippen molar-refractivity contribution in [2.24, 2.45) is 0 Å². The average molecular weight is 448 g/mol. The normalized spacial score (nSPS) is 11.4. The quantitative estimate of drug-likeness (QED) is 0.265. The first-order valence-corrected chi connectivity index (χ1v) is 10.6. The Kier molecular flexibility index (Phi) is 7.68. The molecule has 0 saturated carbocycles. The molecule has 1 heterocycles. The molecule has 0 atom stereocenters. The van der Waals surface area contributed by atoms with Crippen molar-refractivity contribution < 1.29 is 22.4 Å². The molecule has 0 bridgehead atoms. The highest BCUT2D eigenvalue weighted by Gasteiger charge is 2.29. The molecule has 162 valence electrons. The number of aryl methyl sites for hydroxylation is 1. The van der Waals surface area contributed by atoms with Crippen LogP contribution in [0.4, 0.5) is 17.6 Å². The topological polar surface area (TPSA) is 42.0 Å². The summed E-state index contributed by atoms with van der Waals surface area (Å²) in [5, 5.41) is 3.32. The van der Waals surface area contributed by atoms with Gasteiger partial charge in [-0.05, 0) is 66.1 Å². The maximum atomic E-state index is 13.0. The lowest BCUT2D eigenvalue weighted by Gasteiger charge is -2.10. The molecule has 1 aromatic heterocycles. The molecule has 0 aliphatic heterocycles. The summed E-state index contributed by atoms with van der Waals surface area (Å²) in [7, 11) is 0. The first-order chi connectivity index (χ1) is 14.8. The summed E-state index contributed by atoms with van der Waals surface area (Å²) >= 11 is 1.45. The van der Waals surface area contributed by atoms with E-state index in [2.05, 4.69) is 10.3 Å². The molecule has 3 aromatic rings. The van der Waals surface area contributed by atoms with E-state index in [9.17, 15) is 22.4 Å². The Balaban J connectivity index is 1.52. The molecule has 0 saturated heterocycles. The smallest absolute Gasteiger partial charge is 0.348 e. The monoisotopic (exact) mass is 448 g/mol. The molecule has 1 N–H and O–H groups in total. The molecular formula is C23H20F4N2OS. The van der Waals surface area contributed by atoms with Crippen LogP contribution in [0.5, 0.6) is 0 Å². The summed E-state index contributed by atoms with van der Waals surface area (Å²) in [5.74, 6) is 0.126. The minimum absolute atomic E-state index is 0.112. The van der Waals surface area contributed by atoms with E-state index in [0.717, 1.165) is 36.3 Å². The van der Waals surface area contributed by atoms with Gasteiger partial charge in [0.2, 0.25) is 0 Å². The zero-order chi connectivity index (χ0) is 22.3. The van der Waals surface area contributed by atoms with Crippen LogP contribution in [0.15, 0.2) is 71.9 Å². The number of hydrogen-bond donors (Lipinski definition) is 1. The van der Waals surface area contributed by atoms with Gasteiger partial charge in [0.05, 0.1) is 11.1 Å². The van der Waals surface area contributed by atoms with Crippen LogP contribution in [0.2, 0.25) is 0 Å². The molecule has 0 aliphatic carbocycles. The van der Waals surface area contributed by atoms with Crippen LogP contribution >= 0.6 is 11.8 Å². The fraction of sp³-hybridized carbons (Fsp3) is 0.217. The SMILES string of the molecule is O=C(NCc1ccc(C(F)(F)F)cc1)c1cccnc1SCCCc1ccc(F)cc1. The van der Waals surface area contributed by atoms with Crippen molar-refractivity contribution in [3.63, 3.8) is 0 Å². The molecule has 0 fully saturated rings. The van der Waals surface area contributed by atoms with Crippen LogP contribution in [-0.2, 0) is 19.1 Å². The molecule has 8 heteroatoms. The van der Waals surface area contributed by atoms with Crippen molar-refractivity contribution >= 4 is 17.7 Å². The number of nitrogens with zero attached hydrogens (tertiary/aromatic N) is 1. The summed E-state index contributed by atoms with van der Waals surface area (Å²) in [6.45, 7) is 0.112. The van der Waals surface area contributed by atoms with Crippen LogP contribution < -0.4 is 5.32 Å². The van der Waals surface area contributed by atoms with Gasteiger partial charge in [-0.25, -0.2) is 9.37 Å². The van der Waals surface area contributed by atoms with E-state index < -0.39 is 11.7 Å². The number of carbonyl (C=O) groups is 1. The Labute approximate surface area is 181 Å². The molecule has 0 spiro atoms. The van der Waals surface area contributed by atoms with Gasteiger partial charge in [0, 0.05) is 12.7 Å². The van der Waals surface area contributed by atoms with Crippen LogP contribution in [0.25, 0.3) is 0 Å². The average Bonchev–Trinajstić information content (AvgIpc) is 2.76. The summed E-state index contributed by atoms with van der Waals surface area (Å²) < 4.78 is 50.9. The Hall–Kier alpha value is -2.87. The van der Waals surface area contributed by atoms with Gasteiger partial charge in [-0.3, -0.25) is 4.79 Å². The minimum atomic E-state index is -4.39. The van der Waals surface area contributed by atoms with Gasteiger partial charge >= 0.3 is 6.18 Å². The Morgan fingerprint density at radius 2 is 1.65 bits per heavy atom. The maximum Gasteiger partial charge on any atom is 0.416 e. The van der Waals surface area contributed by atoms with Gasteiger partial charge in [-0.15, -0.1) is 11.8 Å². The zero-order valence-electron chi connectivity index (χ0n) is 16.5. The largest absolute Gasteiger partial charge is 0.416 e. The van der Waals surface area contributed by atoms with Gasteiger partial charge in [0.1, 0.15) is 10.8 Å². The second kappa shape index (κ2) is 10.4. The summed E-state index contributed by atoms with van der Waals surface area (Å²) in [5.41, 5.74) is 1.30. The number of benzene rings is 2. The fourth-order valence-electron chi connectivity index (χ4n) is 2.86. The number of nitrogens with one attached hydrogen (secondary N) is 1. The van der Waals surface area contributed by atoms with E-state index in [1.807, 2.05) is 0 Å². The van der Waals surface area contributed by atoms with E-state index in [4.69, 9.17) is 0 Å². The van der Waals surface area contributed by atoms with Crippen molar-refractivity contribution in [1.29, 1.82) is 0 Å². The number of rotatable bonds is 8. The number of alkyl halides is 3. The molecule has 3 rings (SSSR count). The van der Waals surface area contributed by atoms with Crippen molar-refractivity contribution in [3.05, 3.63) is 94.9 Å². The molecule has 0 unspecified atom stereocenters. The first kappa shape index (κ1) is 22.8. The maximum absolute atomic E-state index is 13.0. The molecule has 0 aliphatic rings. The number of amides is 1. The third-order valence-electron chi connectivity index (χ3n) is 4.51. The third kappa shape index (κ3) is 6.82. The molecular weight excluding hydrogens is 428 g/mol. The minimum Gasteiger partial charge on any atom is -0.348 e. The van der Waals surface area contributed by atoms with Crippen LogP contribution in [-0.4, -0.2) is 16.6 Å². The van der Waals surface area contributed by atoms with Crippen LogP contribution in [0, 0.1) is 5.82 Å². The standard InChI is InChI=1S/C23H20F4N2OS/c24-19-11-7-16(8-12-19)3-2-14-31-22-20(4-1-13-28-22)21(30)29-15-17-5-9-18(10-6-17)23(25,26)27/h1,4-13H,2-3,14-15H2,(H,29,30). The molecule has 3 nitrogen and oxygen atoms in total. The van der Waals surface area contributed by atoms with E-state index in [0.29, 0.717) is 16.2 Å². The van der Waals surface area contributed by atoms with Crippen LogP contribution in [0.1, 0.15) is 33.5 Å². The highest BCUT2D eigenvalue weighted by molar-refractivity contribution is 7.99. The third-order valence-corrected chi connectivity index (χ3v) is 5.60. The lowest BCUT2D eigenvalue weighted by molar-refractivity contribution is -0.137. The van der Waals surface area contributed by atoms with Crippen molar-refractivity contribution in [2.75, 3.05) is 5.75 Å².